The number of ketones is 1. The minimum absolute atomic E-state index is 0.0451. The summed E-state index contributed by atoms with van der Waals surface area (Å²) in [6.07, 6.45) is 0. The van der Waals surface area contributed by atoms with Gasteiger partial charge in [0.25, 0.3) is 0 Å². The van der Waals surface area contributed by atoms with E-state index in [1.807, 2.05) is 0 Å². The maximum Gasteiger partial charge on any atom is 0.176 e. The lowest BCUT2D eigenvalue weighted by molar-refractivity contribution is 0.0990. The number of hydrogen-bond acceptors (Lipinski definition) is 3. The van der Waals surface area contributed by atoms with Crippen molar-refractivity contribution >= 4 is 11.5 Å². The Morgan fingerprint density at radius 3 is 2.47 bits per heavy atom. The lowest BCUT2D eigenvalue weighted by Crippen LogP contribution is -2.23. The summed E-state index contributed by atoms with van der Waals surface area (Å²) in [5.74, 6) is -0.314. The predicted octanol–water partition coefficient (Wildman–Crippen LogP) is 2.38. The quantitative estimate of drug-likeness (QED) is 0.639. The van der Waals surface area contributed by atoms with Crippen LogP contribution < -0.4 is 11.1 Å². The Morgan fingerprint density at radius 2 is 1.79 bits per heavy atom. The van der Waals surface area contributed by atoms with Crippen LogP contribution in [0.5, 0.6) is 0 Å². The number of anilines is 1. The van der Waals surface area contributed by atoms with Gasteiger partial charge in [0.1, 0.15) is 5.82 Å². The Balaban J connectivity index is 1.88. The Bertz CT molecular complexity index is 567. The molecule has 98 valence electrons. The van der Waals surface area contributed by atoms with E-state index in [4.69, 9.17) is 5.73 Å². The Kier molecular flexibility index (Phi) is 4.26. The van der Waals surface area contributed by atoms with E-state index < -0.39 is 0 Å². The normalized spacial score (nSPS) is 10.4. The second-order valence-corrected chi connectivity index (χ2v) is 4.24. The highest BCUT2D eigenvalue weighted by atomic mass is 19.1. The van der Waals surface area contributed by atoms with Crippen molar-refractivity contribution in [3.05, 3.63) is 65.5 Å². The number of rotatable bonds is 5. The second-order valence-electron chi connectivity index (χ2n) is 4.24. The van der Waals surface area contributed by atoms with Gasteiger partial charge in [-0.2, -0.15) is 0 Å². The zero-order chi connectivity index (χ0) is 13.7. The Hall–Kier alpha value is -2.20. The molecule has 0 spiro atoms. The van der Waals surface area contributed by atoms with E-state index in [2.05, 4.69) is 5.32 Å². The van der Waals surface area contributed by atoms with E-state index in [1.165, 1.54) is 6.07 Å². The van der Waals surface area contributed by atoms with Crippen molar-refractivity contribution < 1.29 is 9.18 Å². The van der Waals surface area contributed by atoms with E-state index in [9.17, 15) is 9.18 Å². The minimum Gasteiger partial charge on any atom is -0.399 e. The number of halogens is 1. The number of carbonyl (C=O) groups excluding carboxylic acids is 1. The zero-order valence-corrected chi connectivity index (χ0v) is 10.4. The third kappa shape index (κ3) is 3.63. The average Bonchev–Trinajstić information content (AvgIpc) is 2.41. The van der Waals surface area contributed by atoms with Crippen LogP contribution in [0.1, 0.15) is 15.9 Å². The maximum atomic E-state index is 13.3. The molecular formula is C15H15FN2O. The molecule has 0 heterocycles. The highest BCUT2D eigenvalue weighted by Gasteiger charge is 2.06. The van der Waals surface area contributed by atoms with Gasteiger partial charge in [0, 0.05) is 23.4 Å². The molecule has 0 atom stereocenters. The summed E-state index contributed by atoms with van der Waals surface area (Å²) in [7, 11) is 0. The molecule has 2 rings (SSSR count). The molecule has 3 N–H and O–H groups in total. The summed E-state index contributed by atoms with van der Waals surface area (Å²) in [6.45, 7) is 0.492. The first kappa shape index (κ1) is 13.2. The summed E-state index contributed by atoms with van der Waals surface area (Å²) in [6, 6.07) is 13.2. The largest absolute Gasteiger partial charge is 0.399 e. The number of Topliss-reactive ketones (excluding diaryl/α,β-unsaturated/α-hetero) is 1. The molecule has 19 heavy (non-hydrogen) atoms. The summed E-state index contributed by atoms with van der Waals surface area (Å²) >= 11 is 0. The van der Waals surface area contributed by atoms with Gasteiger partial charge in [-0.25, -0.2) is 4.39 Å². The standard InChI is InChI=1S/C15H15FN2O/c16-14-4-2-1-3-12(14)9-18-10-15(19)11-5-7-13(17)8-6-11/h1-8,18H,9-10,17H2. The molecule has 0 aliphatic rings. The fraction of sp³-hybridized carbons (Fsp3) is 0.133. The third-order valence-electron chi connectivity index (χ3n) is 2.79. The van der Waals surface area contributed by atoms with E-state index in [0.717, 1.165) is 0 Å². The highest BCUT2D eigenvalue weighted by molar-refractivity contribution is 5.97. The first-order valence-electron chi connectivity index (χ1n) is 5.99. The summed E-state index contributed by atoms with van der Waals surface area (Å²) < 4.78 is 13.3. The topological polar surface area (TPSA) is 55.1 Å². The minimum atomic E-state index is -0.269. The number of carbonyl (C=O) groups is 1. The van der Waals surface area contributed by atoms with E-state index in [0.29, 0.717) is 23.4 Å². The van der Waals surface area contributed by atoms with Crippen molar-refractivity contribution in [3.8, 4) is 0 Å². The van der Waals surface area contributed by atoms with Gasteiger partial charge < -0.3 is 11.1 Å². The van der Waals surface area contributed by atoms with Gasteiger partial charge in [-0.15, -0.1) is 0 Å². The lowest BCUT2D eigenvalue weighted by Gasteiger charge is -2.05. The van der Waals surface area contributed by atoms with Crippen LogP contribution in [0.4, 0.5) is 10.1 Å². The zero-order valence-electron chi connectivity index (χ0n) is 10.4. The van der Waals surface area contributed by atoms with E-state index >= 15 is 0 Å². The van der Waals surface area contributed by atoms with Crippen LogP contribution in [-0.4, -0.2) is 12.3 Å². The van der Waals surface area contributed by atoms with Gasteiger partial charge in [0.15, 0.2) is 5.78 Å². The molecule has 0 fully saturated rings. The van der Waals surface area contributed by atoms with Gasteiger partial charge in [0.2, 0.25) is 0 Å². The number of nitrogens with one attached hydrogen (secondary N) is 1. The van der Waals surface area contributed by atoms with Crippen molar-refractivity contribution in [1.82, 2.24) is 5.32 Å². The molecule has 3 nitrogen and oxygen atoms in total. The number of nitrogen functional groups attached to an aromatic ring is 1. The first-order valence-corrected chi connectivity index (χ1v) is 5.99. The van der Waals surface area contributed by atoms with Gasteiger partial charge in [-0.05, 0) is 30.3 Å². The lowest BCUT2D eigenvalue weighted by atomic mass is 10.1. The van der Waals surface area contributed by atoms with Crippen LogP contribution >= 0.6 is 0 Å². The van der Waals surface area contributed by atoms with Crippen molar-refractivity contribution in [2.75, 3.05) is 12.3 Å². The SMILES string of the molecule is Nc1ccc(C(=O)CNCc2ccccc2F)cc1. The third-order valence-corrected chi connectivity index (χ3v) is 2.79. The first-order chi connectivity index (χ1) is 9.16. The van der Waals surface area contributed by atoms with Crippen LogP contribution in [0.2, 0.25) is 0 Å². The fourth-order valence-electron chi connectivity index (χ4n) is 1.72. The molecule has 0 aliphatic carbocycles. The monoisotopic (exact) mass is 258 g/mol. The molecule has 0 aliphatic heterocycles. The molecule has 0 saturated heterocycles. The van der Waals surface area contributed by atoms with Crippen LogP contribution in [-0.2, 0) is 6.54 Å². The van der Waals surface area contributed by atoms with Gasteiger partial charge in [-0.3, -0.25) is 4.79 Å². The number of hydrogen-bond donors (Lipinski definition) is 2. The van der Waals surface area contributed by atoms with Crippen LogP contribution in [0, 0.1) is 5.82 Å². The molecule has 4 heteroatoms. The van der Waals surface area contributed by atoms with Crippen LogP contribution in [0.3, 0.4) is 0 Å². The predicted molar refractivity (Wildman–Crippen MR) is 73.3 cm³/mol. The Morgan fingerprint density at radius 1 is 1.11 bits per heavy atom. The molecular weight excluding hydrogens is 243 g/mol. The molecule has 0 radical (unpaired) electrons. The van der Waals surface area contributed by atoms with Gasteiger partial charge in [0.05, 0.1) is 6.54 Å². The summed E-state index contributed by atoms with van der Waals surface area (Å²) in [4.78, 5) is 11.8. The molecule has 0 amide bonds. The molecule has 0 unspecified atom stereocenters. The van der Waals surface area contributed by atoms with Crippen molar-refractivity contribution in [3.63, 3.8) is 0 Å². The van der Waals surface area contributed by atoms with Crippen molar-refractivity contribution in [1.29, 1.82) is 0 Å². The maximum absolute atomic E-state index is 13.3. The molecule has 2 aromatic rings. The smallest absolute Gasteiger partial charge is 0.176 e. The van der Waals surface area contributed by atoms with E-state index in [1.54, 1.807) is 42.5 Å². The van der Waals surface area contributed by atoms with Crippen molar-refractivity contribution in [2.24, 2.45) is 0 Å². The van der Waals surface area contributed by atoms with E-state index in [-0.39, 0.29) is 18.1 Å². The molecule has 0 saturated carbocycles. The number of benzene rings is 2. The van der Waals surface area contributed by atoms with Crippen LogP contribution in [0.25, 0.3) is 0 Å². The fourth-order valence-corrected chi connectivity index (χ4v) is 1.72. The summed E-state index contributed by atoms with van der Waals surface area (Å²) in [5, 5.41) is 2.93. The molecule has 0 aromatic heterocycles. The average molecular weight is 258 g/mol. The Labute approximate surface area is 111 Å². The molecule has 2 aromatic carbocycles. The highest BCUT2D eigenvalue weighted by Crippen LogP contribution is 2.07. The number of nitrogens with two attached hydrogens (primary N) is 1. The van der Waals surface area contributed by atoms with Gasteiger partial charge >= 0.3 is 0 Å². The van der Waals surface area contributed by atoms with Crippen molar-refractivity contribution in [2.45, 2.75) is 6.54 Å². The summed E-state index contributed by atoms with van der Waals surface area (Å²) in [5.41, 5.74) is 7.31. The van der Waals surface area contributed by atoms with Crippen LogP contribution in [0.15, 0.2) is 48.5 Å². The van der Waals surface area contributed by atoms with Gasteiger partial charge in [-0.1, -0.05) is 18.2 Å². The second kappa shape index (κ2) is 6.11. The molecule has 0 bridgehead atoms.